The highest BCUT2D eigenvalue weighted by molar-refractivity contribution is 6.03. The van der Waals surface area contributed by atoms with E-state index in [1.54, 1.807) is 31.4 Å². The van der Waals surface area contributed by atoms with E-state index in [1.807, 2.05) is 36.4 Å². The summed E-state index contributed by atoms with van der Waals surface area (Å²) in [6.45, 7) is 2.89. The van der Waals surface area contributed by atoms with Gasteiger partial charge in [0.15, 0.2) is 0 Å². The standard InChI is InChI=1S/C24H24N6O2/c1-29(2)24(31)17-5-3-4-16(14-17)19-15-21(30-10-12-32-13-11-30)27-22-18(19)6-8-25-23(22)20-7-9-26-28-20/h3-9,14-15H,10-13H2,1-2H3,(H,26,28). The number of morpholine rings is 1. The molecule has 0 aliphatic carbocycles. The van der Waals surface area contributed by atoms with Crippen LogP contribution < -0.4 is 4.90 Å². The predicted molar refractivity (Wildman–Crippen MR) is 124 cm³/mol. The van der Waals surface area contributed by atoms with E-state index in [1.165, 1.54) is 0 Å². The van der Waals surface area contributed by atoms with Crippen LogP contribution in [0.1, 0.15) is 10.4 Å². The monoisotopic (exact) mass is 428 g/mol. The molecule has 4 heterocycles. The van der Waals surface area contributed by atoms with E-state index >= 15 is 0 Å². The van der Waals surface area contributed by atoms with Crippen LogP contribution in [-0.2, 0) is 4.74 Å². The molecule has 162 valence electrons. The van der Waals surface area contributed by atoms with Gasteiger partial charge in [-0.05, 0) is 41.5 Å². The second-order valence-corrected chi connectivity index (χ2v) is 7.93. The summed E-state index contributed by atoms with van der Waals surface area (Å²) < 4.78 is 5.53. The van der Waals surface area contributed by atoms with E-state index in [0.717, 1.165) is 52.3 Å². The van der Waals surface area contributed by atoms with Crippen molar-refractivity contribution in [1.29, 1.82) is 0 Å². The summed E-state index contributed by atoms with van der Waals surface area (Å²) in [5, 5.41) is 8.06. The van der Waals surface area contributed by atoms with Crippen molar-refractivity contribution in [3.63, 3.8) is 0 Å². The van der Waals surface area contributed by atoms with Gasteiger partial charge in [0.05, 0.1) is 18.9 Å². The van der Waals surface area contributed by atoms with E-state index in [4.69, 9.17) is 9.72 Å². The van der Waals surface area contributed by atoms with Crippen LogP contribution in [0.4, 0.5) is 5.82 Å². The number of nitrogens with one attached hydrogen (secondary N) is 1. The molecule has 1 saturated heterocycles. The minimum absolute atomic E-state index is 0.0292. The number of hydrogen-bond donors (Lipinski definition) is 1. The van der Waals surface area contributed by atoms with Crippen LogP contribution in [0.5, 0.6) is 0 Å². The van der Waals surface area contributed by atoms with Crippen molar-refractivity contribution >= 4 is 22.6 Å². The number of amides is 1. The SMILES string of the molecule is CN(C)C(=O)c1cccc(-c2cc(N3CCOCC3)nc3c(-c4ccn[nH]4)nccc23)c1. The lowest BCUT2D eigenvalue weighted by molar-refractivity contribution is 0.0827. The van der Waals surface area contributed by atoms with Crippen LogP contribution in [0.25, 0.3) is 33.4 Å². The molecule has 0 bridgehead atoms. The molecule has 4 aromatic rings. The summed E-state index contributed by atoms with van der Waals surface area (Å²) in [4.78, 5) is 26.0. The number of aromatic nitrogens is 4. The molecule has 1 fully saturated rings. The molecule has 8 heteroatoms. The number of carbonyl (C=O) groups is 1. The molecule has 1 amide bonds. The van der Waals surface area contributed by atoms with E-state index < -0.39 is 0 Å². The summed E-state index contributed by atoms with van der Waals surface area (Å²) >= 11 is 0. The zero-order chi connectivity index (χ0) is 22.1. The Morgan fingerprint density at radius 2 is 1.94 bits per heavy atom. The van der Waals surface area contributed by atoms with Gasteiger partial charge in [-0.3, -0.25) is 14.9 Å². The molecule has 0 radical (unpaired) electrons. The van der Waals surface area contributed by atoms with Crippen molar-refractivity contribution < 1.29 is 9.53 Å². The molecule has 0 saturated carbocycles. The average molecular weight is 428 g/mol. The lowest BCUT2D eigenvalue weighted by atomic mass is 9.98. The van der Waals surface area contributed by atoms with Crippen LogP contribution in [0.15, 0.2) is 54.9 Å². The van der Waals surface area contributed by atoms with Gasteiger partial charge in [-0.1, -0.05) is 12.1 Å². The smallest absolute Gasteiger partial charge is 0.253 e. The van der Waals surface area contributed by atoms with Gasteiger partial charge in [0.1, 0.15) is 17.0 Å². The highest BCUT2D eigenvalue weighted by Crippen LogP contribution is 2.35. The number of benzene rings is 1. The predicted octanol–water partition coefficient (Wildman–Crippen LogP) is 3.23. The van der Waals surface area contributed by atoms with Gasteiger partial charge < -0.3 is 14.5 Å². The van der Waals surface area contributed by atoms with Crippen LogP contribution in [-0.4, -0.2) is 71.4 Å². The first-order valence-corrected chi connectivity index (χ1v) is 10.6. The number of nitrogens with zero attached hydrogens (tertiary/aromatic N) is 5. The van der Waals surface area contributed by atoms with Crippen molar-refractivity contribution in [3.8, 4) is 22.5 Å². The van der Waals surface area contributed by atoms with Gasteiger partial charge in [-0.25, -0.2) is 4.98 Å². The molecule has 0 unspecified atom stereocenters. The summed E-state index contributed by atoms with van der Waals surface area (Å²) in [5.74, 6) is 0.840. The van der Waals surface area contributed by atoms with Gasteiger partial charge >= 0.3 is 0 Å². The highest BCUT2D eigenvalue weighted by atomic mass is 16.5. The zero-order valence-corrected chi connectivity index (χ0v) is 18.1. The fourth-order valence-corrected chi connectivity index (χ4v) is 3.99. The Labute approximate surface area is 185 Å². The van der Waals surface area contributed by atoms with Crippen LogP contribution in [0, 0.1) is 0 Å². The first kappa shape index (κ1) is 20.1. The lowest BCUT2D eigenvalue weighted by Crippen LogP contribution is -2.36. The molecule has 1 N–H and O–H groups in total. The summed E-state index contributed by atoms with van der Waals surface area (Å²) in [7, 11) is 3.52. The number of pyridine rings is 2. The average Bonchev–Trinajstić information content (AvgIpc) is 3.38. The number of aromatic amines is 1. The van der Waals surface area contributed by atoms with Crippen LogP contribution >= 0.6 is 0 Å². The zero-order valence-electron chi connectivity index (χ0n) is 18.1. The molecular weight excluding hydrogens is 404 g/mol. The van der Waals surface area contributed by atoms with Crippen LogP contribution in [0.2, 0.25) is 0 Å². The number of fused-ring (bicyclic) bond motifs is 1. The fourth-order valence-electron chi connectivity index (χ4n) is 3.99. The topological polar surface area (TPSA) is 87.2 Å². The van der Waals surface area contributed by atoms with Gasteiger partial charge in [0, 0.05) is 50.5 Å². The third-order valence-electron chi connectivity index (χ3n) is 5.63. The molecule has 1 aliphatic rings. The molecule has 1 aromatic carbocycles. The third-order valence-corrected chi connectivity index (χ3v) is 5.63. The Hall–Kier alpha value is -3.78. The first-order valence-electron chi connectivity index (χ1n) is 10.6. The lowest BCUT2D eigenvalue weighted by Gasteiger charge is -2.28. The van der Waals surface area contributed by atoms with Crippen LogP contribution in [0.3, 0.4) is 0 Å². The Morgan fingerprint density at radius 3 is 2.69 bits per heavy atom. The fraction of sp³-hybridized carbons (Fsp3) is 0.250. The quantitative estimate of drug-likeness (QED) is 0.537. The van der Waals surface area contributed by atoms with Gasteiger partial charge in [-0.15, -0.1) is 0 Å². The van der Waals surface area contributed by atoms with Crippen molar-refractivity contribution in [2.24, 2.45) is 0 Å². The van der Waals surface area contributed by atoms with E-state index in [2.05, 4.69) is 26.1 Å². The van der Waals surface area contributed by atoms with Crippen molar-refractivity contribution in [3.05, 3.63) is 60.4 Å². The maximum atomic E-state index is 12.6. The van der Waals surface area contributed by atoms with E-state index in [9.17, 15) is 4.79 Å². The number of anilines is 1. The molecule has 5 rings (SSSR count). The Kier molecular flexibility index (Phi) is 5.28. The second-order valence-electron chi connectivity index (χ2n) is 7.93. The van der Waals surface area contributed by atoms with Crippen molar-refractivity contribution in [2.75, 3.05) is 45.3 Å². The van der Waals surface area contributed by atoms with Crippen molar-refractivity contribution in [1.82, 2.24) is 25.1 Å². The van der Waals surface area contributed by atoms with Gasteiger partial charge in [0.25, 0.3) is 5.91 Å². The Balaban J connectivity index is 1.74. The number of rotatable bonds is 4. The molecule has 32 heavy (non-hydrogen) atoms. The molecule has 8 nitrogen and oxygen atoms in total. The largest absolute Gasteiger partial charge is 0.378 e. The highest BCUT2D eigenvalue weighted by Gasteiger charge is 2.19. The number of ether oxygens (including phenoxy) is 1. The number of hydrogen-bond acceptors (Lipinski definition) is 6. The first-order chi connectivity index (χ1) is 15.6. The van der Waals surface area contributed by atoms with Gasteiger partial charge in [0.2, 0.25) is 0 Å². The van der Waals surface area contributed by atoms with E-state index in [0.29, 0.717) is 18.8 Å². The maximum absolute atomic E-state index is 12.6. The molecule has 1 aliphatic heterocycles. The molecule has 0 spiro atoms. The minimum Gasteiger partial charge on any atom is -0.378 e. The maximum Gasteiger partial charge on any atom is 0.253 e. The second kappa shape index (κ2) is 8.39. The molecule has 0 atom stereocenters. The Bertz CT molecular complexity index is 1260. The van der Waals surface area contributed by atoms with Crippen molar-refractivity contribution in [2.45, 2.75) is 0 Å². The summed E-state index contributed by atoms with van der Waals surface area (Å²) in [6, 6.07) is 13.7. The Morgan fingerprint density at radius 1 is 1.09 bits per heavy atom. The minimum atomic E-state index is -0.0292. The third kappa shape index (κ3) is 3.69. The van der Waals surface area contributed by atoms with Gasteiger partial charge in [-0.2, -0.15) is 5.10 Å². The van der Waals surface area contributed by atoms with E-state index in [-0.39, 0.29) is 5.91 Å². The summed E-state index contributed by atoms with van der Waals surface area (Å²) in [5.41, 5.74) is 4.96. The summed E-state index contributed by atoms with van der Waals surface area (Å²) in [6.07, 6.45) is 3.49. The number of carbonyl (C=O) groups excluding carboxylic acids is 1. The molecular formula is C24H24N6O2. The number of H-pyrrole nitrogens is 1. The molecule has 3 aromatic heterocycles. The normalized spacial score (nSPS) is 14.0.